The quantitative estimate of drug-likeness (QED) is 0.795. The van der Waals surface area contributed by atoms with Crippen LogP contribution in [0.1, 0.15) is 24.8 Å². The molecule has 0 aliphatic carbocycles. The van der Waals surface area contributed by atoms with E-state index in [2.05, 4.69) is 10.0 Å². The highest BCUT2D eigenvalue weighted by Gasteiger charge is 2.19. The van der Waals surface area contributed by atoms with Crippen molar-refractivity contribution in [2.45, 2.75) is 36.8 Å². The van der Waals surface area contributed by atoms with Crippen molar-refractivity contribution in [1.29, 1.82) is 0 Å². The van der Waals surface area contributed by atoms with Gasteiger partial charge in [0, 0.05) is 19.7 Å². The maximum Gasteiger partial charge on any atom is 0.240 e. The fraction of sp³-hybridized carbons (Fsp3) is 0.571. The molecule has 1 heterocycles. The molecule has 20 heavy (non-hydrogen) atoms. The third-order valence-electron chi connectivity index (χ3n) is 3.41. The SMILES string of the molecule is CNCc1ccccc1S(=O)(=O)NCCC1CCCO1. The van der Waals surface area contributed by atoms with E-state index in [4.69, 9.17) is 4.74 Å². The number of benzene rings is 1. The Hall–Kier alpha value is -0.950. The molecule has 1 fully saturated rings. The summed E-state index contributed by atoms with van der Waals surface area (Å²) in [5.41, 5.74) is 0.777. The van der Waals surface area contributed by atoms with Gasteiger partial charge in [-0.1, -0.05) is 18.2 Å². The number of rotatable bonds is 7. The van der Waals surface area contributed by atoms with E-state index in [9.17, 15) is 8.42 Å². The molecule has 1 aliphatic heterocycles. The van der Waals surface area contributed by atoms with Crippen LogP contribution in [0.15, 0.2) is 29.2 Å². The zero-order valence-electron chi connectivity index (χ0n) is 11.8. The monoisotopic (exact) mass is 298 g/mol. The Bertz CT molecular complexity index is 525. The molecule has 0 amide bonds. The van der Waals surface area contributed by atoms with Crippen molar-refractivity contribution in [3.8, 4) is 0 Å². The average molecular weight is 298 g/mol. The van der Waals surface area contributed by atoms with Gasteiger partial charge < -0.3 is 10.1 Å². The number of sulfonamides is 1. The minimum Gasteiger partial charge on any atom is -0.378 e. The van der Waals surface area contributed by atoms with Crippen LogP contribution in [0.4, 0.5) is 0 Å². The first-order valence-corrected chi connectivity index (χ1v) is 8.45. The van der Waals surface area contributed by atoms with Gasteiger partial charge in [0.05, 0.1) is 11.0 Å². The number of hydrogen-bond donors (Lipinski definition) is 2. The number of nitrogens with one attached hydrogen (secondary N) is 2. The second kappa shape index (κ2) is 7.17. The van der Waals surface area contributed by atoms with Crippen LogP contribution in [-0.2, 0) is 21.3 Å². The normalized spacial score (nSPS) is 19.4. The lowest BCUT2D eigenvalue weighted by Gasteiger charge is -2.13. The van der Waals surface area contributed by atoms with Gasteiger partial charge >= 0.3 is 0 Å². The Morgan fingerprint density at radius 2 is 2.15 bits per heavy atom. The molecule has 0 aromatic heterocycles. The molecule has 1 saturated heterocycles. The summed E-state index contributed by atoms with van der Waals surface area (Å²) < 4.78 is 32.8. The predicted molar refractivity (Wildman–Crippen MR) is 78.0 cm³/mol. The Morgan fingerprint density at radius 3 is 2.85 bits per heavy atom. The van der Waals surface area contributed by atoms with Crippen LogP contribution in [0.3, 0.4) is 0 Å². The highest BCUT2D eigenvalue weighted by atomic mass is 32.2. The minimum absolute atomic E-state index is 0.199. The zero-order chi connectivity index (χ0) is 14.4. The largest absolute Gasteiger partial charge is 0.378 e. The maximum absolute atomic E-state index is 12.3. The van der Waals surface area contributed by atoms with Crippen molar-refractivity contribution in [2.75, 3.05) is 20.2 Å². The molecule has 1 aromatic rings. The van der Waals surface area contributed by atoms with E-state index >= 15 is 0 Å². The standard InChI is InChI=1S/C14H22N2O3S/c1-15-11-12-5-2-3-7-14(12)20(17,18)16-9-8-13-6-4-10-19-13/h2-3,5,7,13,15-16H,4,6,8-11H2,1H3. The van der Waals surface area contributed by atoms with E-state index in [1.807, 2.05) is 12.1 Å². The van der Waals surface area contributed by atoms with Crippen LogP contribution in [-0.4, -0.2) is 34.7 Å². The van der Waals surface area contributed by atoms with Gasteiger partial charge in [-0.2, -0.15) is 0 Å². The third kappa shape index (κ3) is 4.02. The van der Waals surface area contributed by atoms with Crippen molar-refractivity contribution in [1.82, 2.24) is 10.0 Å². The molecule has 0 radical (unpaired) electrons. The van der Waals surface area contributed by atoms with Crippen molar-refractivity contribution < 1.29 is 13.2 Å². The molecule has 5 nitrogen and oxygen atoms in total. The summed E-state index contributed by atoms with van der Waals surface area (Å²) in [5, 5.41) is 2.99. The summed E-state index contributed by atoms with van der Waals surface area (Å²) in [6.45, 7) is 1.74. The van der Waals surface area contributed by atoms with E-state index < -0.39 is 10.0 Å². The molecule has 6 heteroatoms. The van der Waals surface area contributed by atoms with Crippen LogP contribution < -0.4 is 10.0 Å². The van der Waals surface area contributed by atoms with E-state index in [-0.39, 0.29) is 6.10 Å². The summed E-state index contributed by atoms with van der Waals surface area (Å²) in [7, 11) is -1.65. The van der Waals surface area contributed by atoms with Gasteiger partial charge in [0.1, 0.15) is 0 Å². The van der Waals surface area contributed by atoms with Crippen molar-refractivity contribution in [3.05, 3.63) is 29.8 Å². The summed E-state index contributed by atoms with van der Waals surface area (Å²) in [4.78, 5) is 0.349. The molecular formula is C14H22N2O3S. The molecule has 1 unspecified atom stereocenters. The third-order valence-corrected chi connectivity index (χ3v) is 4.97. The van der Waals surface area contributed by atoms with Crippen LogP contribution in [0.2, 0.25) is 0 Å². The number of hydrogen-bond acceptors (Lipinski definition) is 4. The highest BCUT2D eigenvalue weighted by Crippen LogP contribution is 2.17. The lowest BCUT2D eigenvalue weighted by molar-refractivity contribution is 0.105. The summed E-state index contributed by atoms with van der Waals surface area (Å²) in [6, 6.07) is 7.05. The van der Waals surface area contributed by atoms with Gasteiger partial charge in [-0.15, -0.1) is 0 Å². The average Bonchev–Trinajstić information content (AvgIpc) is 2.92. The van der Waals surface area contributed by atoms with E-state index in [1.165, 1.54) is 0 Å². The molecule has 1 atom stereocenters. The van der Waals surface area contributed by atoms with Gasteiger partial charge in [-0.05, 0) is 37.9 Å². The summed E-state index contributed by atoms with van der Waals surface area (Å²) in [6.07, 6.45) is 3.03. The Kier molecular flexibility index (Phi) is 5.54. The second-order valence-electron chi connectivity index (χ2n) is 4.96. The lowest BCUT2D eigenvalue weighted by Crippen LogP contribution is -2.28. The smallest absolute Gasteiger partial charge is 0.240 e. The maximum atomic E-state index is 12.3. The second-order valence-corrected chi connectivity index (χ2v) is 6.69. The minimum atomic E-state index is -3.45. The highest BCUT2D eigenvalue weighted by molar-refractivity contribution is 7.89. The molecule has 2 N–H and O–H groups in total. The molecule has 1 aromatic carbocycles. The van der Waals surface area contributed by atoms with Crippen LogP contribution in [0, 0.1) is 0 Å². The Morgan fingerprint density at radius 1 is 1.35 bits per heavy atom. The van der Waals surface area contributed by atoms with Gasteiger partial charge in [0.15, 0.2) is 0 Å². The van der Waals surface area contributed by atoms with Crippen LogP contribution in [0.5, 0.6) is 0 Å². The van der Waals surface area contributed by atoms with Gasteiger partial charge in [0.25, 0.3) is 0 Å². The first-order chi connectivity index (χ1) is 9.63. The molecular weight excluding hydrogens is 276 g/mol. The molecule has 2 rings (SSSR count). The fourth-order valence-electron chi connectivity index (χ4n) is 2.41. The van der Waals surface area contributed by atoms with Crippen molar-refractivity contribution >= 4 is 10.0 Å². The predicted octanol–water partition coefficient (Wildman–Crippen LogP) is 1.25. The molecule has 0 saturated carbocycles. The summed E-state index contributed by atoms with van der Waals surface area (Å²) >= 11 is 0. The molecule has 112 valence electrons. The molecule has 0 spiro atoms. The lowest BCUT2D eigenvalue weighted by atomic mass is 10.2. The van der Waals surface area contributed by atoms with Gasteiger partial charge in [0.2, 0.25) is 10.0 Å². The Balaban J connectivity index is 1.98. The topological polar surface area (TPSA) is 67.4 Å². The van der Waals surface area contributed by atoms with E-state index in [0.29, 0.717) is 18.0 Å². The zero-order valence-corrected chi connectivity index (χ0v) is 12.6. The molecule has 1 aliphatic rings. The van der Waals surface area contributed by atoms with Crippen molar-refractivity contribution in [3.63, 3.8) is 0 Å². The van der Waals surface area contributed by atoms with Crippen molar-refractivity contribution in [2.24, 2.45) is 0 Å². The summed E-state index contributed by atoms with van der Waals surface area (Å²) in [5.74, 6) is 0. The number of ether oxygens (including phenoxy) is 1. The first-order valence-electron chi connectivity index (χ1n) is 6.97. The first kappa shape index (κ1) is 15.4. The van der Waals surface area contributed by atoms with Gasteiger partial charge in [-0.3, -0.25) is 0 Å². The van der Waals surface area contributed by atoms with E-state index in [0.717, 1.165) is 31.4 Å². The van der Waals surface area contributed by atoms with Crippen LogP contribution >= 0.6 is 0 Å². The molecule has 0 bridgehead atoms. The fourth-order valence-corrected chi connectivity index (χ4v) is 3.69. The Labute approximate surface area is 120 Å². The van der Waals surface area contributed by atoms with Crippen LogP contribution in [0.25, 0.3) is 0 Å². The van der Waals surface area contributed by atoms with E-state index in [1.54, 1.807) is 19.2 Å². The van der Waals surface area contributed by atoms with Gasteiger partial charge in [-0.25, -0.2) is 13.1 Å².